The second-order valence-corrected chi connectivity index (χ2v) is 5.83. The summed E-state index contributed by atoms with van der Waals surface area (Å²) in [5.74, 6) is 1.15. The third-order valence-electron chi connectivity index (χ3n) is 3.80. The van der Waals surface area contributed by atoms with E-state index in [-0.39, 0.29) is 6.61 Å². The Morgan fingerprint density at radius 2 is 2.29 bits per heavy atom. The Hall–Kier alpha value is -0.810. The van der Waals surface area contributed by atoms with Gasteiger partial charge in [0.15, 0.2) is 0 Å². The molecule has 1 aromatic carbocycles. The van der Waals surface area contributed by atoms with Crippen molar-refractivity contribution in [3.63, 3.8) is 0 Å². The van der Waals surface area contributed by atoms with Crippen LogP contribution in [0.3, 0.4) is 0 Å². The molecule has 1 aliphatic heterocycles. The Balaban J connectivity index is 1.64. The van der Waals surface area contributed by atoms with E-state index in [1.807, 2.05) is 12.1 Å². The molecule has 1 fully saturated rings. The van der Waals surface area contributed by atoms with Gasteiger partial charge in [-0.2, -0.15) is 0 Å². The molecule has 5 heteroatoms. The van der Waals surface area contributed by atoms with Gasteiger partial charge in [-0.05, 0) is 30.9 Å². The lowest BCUT2D eigenvalue weighted by Gasteiger charge is -2.19. The lowest BCUT2D eigenvalue weighted by Crippen LogP contribution is -2.36. The second kappa shape index (κ2) is 8.59. The van der Waals surface area contributed by atoms with Crippen molar-refractivity contribution < 1.29 is 14.6 Å². The van der Waals surface area contributed by atoms with Crippen LogP contribution in [0.15, 0.2) is 24.3 Å². The summed E-state index contributed by atoms with van der Waals surface area (Å²) < 4.78 is 11.2. The van der Waals surface area contributed by atoms with E-state index < -0.39 is 6.10 Å². The minimum atomic E-state index is -0.552. The highest BCUT2D eigenvalue weighted by molar-refractivity contribution is 6.32. The molecule has 0 spiro atoms. The third kappa shape index (κ3) is 5.15. The first kappa shape index (κ1) is 16.6. The molecule has 0 aliphatic carbocycles. The largest absolute Gasteiger partial charge is 0.489 e. The molecule has 0 bridgehead atoms. The minimum Gasteiger partial charge on any atom is -0.489 e. The molecule has 2 rings (SSSR count). The van der Waals surface area contributed by atoms with Gasteiger partial charge in [-0.25, -0.2) is 0 Å². The number of ether oxygens (including phenoxy) is 2. The summed E-state index contributed by atoms with van der Waals surface area (Å²) in [7, 11) is 0. The SMILES string of the molecule is CCC1OCCC1CNCC(O)COc1ccccc1Cl. The summed E-state index contributed by atoms with van der Waals surface area (Å²) in [6.45, 7) is 4.62. The molecule has 2 N–H and O–H groups in total. The quantitative estimate of drug-likeness (QED) is 0.774. The van der Waals surface area contributed by atoms with Crippen molar-refractivity contribution in [1.82, 2.24) is 5.32 Å². The first-order chi connectivity index (χ1) is 10.2. The van der Waals surface area contributed by atoms with Crippen molar-refractivity contribution >= 4 is 11.6 Å². The van der Waals surface area contributed by atoms with Gasteiger partial charge in [0, 0.05) is 19.7 Å². The van der Waals surface area contributed by atoms with Crippen LogP contribution >= 0.6 is 11.6 Å². The number of halogens is 1. The molecule has 4 nitrogen and oxygen atoms in total. The molecular formula is C16H24ClNO3. The van der Waals surface area contributed by atoms with E-state index in [9.17, 15) is 5.11 Å². The maximum atomic E-state index is 9.94. The summed E-state index contributed by atoms with van der Waals surface area (Å²) in [6, 6.07) is 7.27. The topological polar surface area (TPSA) is 50.7 Å². The standard InChI is InChI=1S/C16H24ClNO3/c1-2-15-12(7-8-20-15)9-18-10-13(19)11-21-16-6-4-3-5-14(16)17/h3-6,12-13,15,18-19H,2,7-11H2,1H3. The lowest BCUT2D eigenvalue weighted by atomic mass is 10.00. The molecule has 1 heterocycles. The van der Waals surface area contributed by atoms with Crippen LogP contribution in [0.2, 0.25) is 5.02 Å². The van der Waals surface area contributed by atoms with Crippen LogP contribution in [0, 0.1) is 5.92 Å². The molecule has 0 aromatic heterocycles. The molecule has 0 radical (unpaired) electrons. The number of aliphatic hydroxyl groups is 1. The zero-order chi connectivity index (χ0) is 15.1. The fourth-order valence-corrected chi connectivity index (χ4v) is 2.81. The highest BCUT2D eigenvalue weighted by Crippen LogP contribution is 2.23. The van der Waals surface area contributed by atoms with Gasteiger partial charge in [-0.3, -0.25) is 0 Å². The normalized spacial score (nSPS) is 23.2. The van der Waals surface area contributed by atoms with E-state index in [4.69, 9.17) is 21.1 Å². The van der Waals surface area contributed by atoms with Gasteiger partial charge in [0.25, 0.3) is 0 Å². The summed E-state index contributed by atoms with van der Waals surface area (Å²) in [5, 5.41) is 13.8. The van der Waals surface area contributed by atoms with Gasteiger partial charge in [0.1, 0.15) is 18.5 Å². The zero-order valence-electron chi connectivity index (χ0n) is 12.4. The number of benzene rings is 1. The van der Waals surface area contributed by atoms with E-state index >= 15 is 0 Å². The molecule has 3 atom stereocenters. The summed E-state index contributed by atoms with van der Waals surface area (Å²) in [5.41, 5.74) is 0. The highest BCUT2D eigenvalue weighted by Gasteiger charge is 2.26. The fourth-order valence-electron chi connectivity index (χ4n) is 2.62. The van der Waals surface area contributed by atoms with Crippen LogP contribution in [0.25, 0.3) is 0 Å². The molecule has 3 unspecified atom stereocenters. The average Bonchev–Trinajstić information content (AvgIpc) is 2.94. The third-order valence-corrected chi connectivity index (χ3v) is 4.12. The van der Waals surface area contributed by atoms with Crippen LogP contribution in [0.4, 0.5) is 0 Å². The van der Waals surface area contributed by atoms with Gasteiger partial charge in [-0.1, -0.05) is 30.7 Å². The van der Waals surface area contributed by atoms with E-state index in [1.54, 1.807) is 12.1 Å². The first-order valence-corrected chi connectivity index (χ1v) is 7.96. The van der Waals surface area contributed by atoms with E-state index in [2.05, 4.69) is 12.2 Å². The van der Waals surface area contributed by atoms with Crippen LogP contribution in [-0.2, 0) is 4.74 Å². The molecule has 21 heavy (non-hydrogen) atoms. The Kier molecular flexibility index (Phi) is 6.77. The second-order valence-electron chi connectivity index (χ2n) is 5.42. The lowest BCUT2D eigenvalue weighted by molar-refractivity contribution is 0.0823. The van der Waals surface area contributed by atoms with Crippen LogP contribution in [0.1, 0.15) is 19.8 Å². The molecule has 1 aromatic rings. The van der Waals surface area contributed by atoms with Gasteiger partial charge in [0.2, 0.25) is 0 Å². The van der Waals surface area contributed by atoms with Crippen molar-refractivity contribution in [3.8, 4) is 5.75 Å². The van der Waals surface area contributed by atoms with Gasteiger partial charge < -0.3 is 19.9 Å². The summed E-state index contributed by atoms with van der Waals surface area (Å²) in [4.78, 5) is 0. The number of rotatable bonds is 8. The van der Waals surface area contributed by atoms with Crippen molar-refractivity contribution in [2.75, 3.05) is 26.3 Å². The van der Waals surface area contributed by atoms with E-state index in [0.29, 0.717) is 29.3 Å². The molecular weight excluding hydrogens is 290 g/mol. The first-order valence-electron chi connectivity index (χ1n) is 7.58. The van der Waals surface area contributed by atoms with Crippen molar-refractivity contribution in [2.24, 2.45) is 5.92 Å². The van der Waals surface area contributed by atoms with Gasteiger partial charge in [0.05, 0.1) is 11.1 Å². The fraction of sp³-hybridized carbons (Fsp3) is 0.625. The summed E-state index contributed by atoms with van der Waals surface area (Å²) >= 11 is 5.99. The Labute approximate surface area is 131 Å². The zero-order valence-corrected chi connectivity index (χ0v) is 13.2. The molecule has 1 aliphatic rings. The van der Waals surface area contributed by atoms with Gasteiger partial charge in [-0.15, -0.1) is 0 Å². The maximum absolute atomic E-state index is 9.94. The van der Waals surface area contributed by atoms with Crippen LogP contribution < -0.4 is 10.1 Å². The molecule has 1 saturated heterocycles. The van der Waals surface area contributed by atoms with Crippen LogP contribution in [0.5, 0.6) is 5.75 Å². The average molecular weight is 314 g/mol. The predicted molar refractivity (Wildman–Crippen MR) is 84.0 cm³/mol. The Bertz CT molecular complexity index is 430. The van der Waals surface area contributed by atoms with Crippen LogP contribution in [-0.4, -0.2) is 43.6 Å². The van der Waals surface area contributed by atoms with E-state index in [1.165, 1.54) is 0 Å². The smallest absolute Gasteiger partial charge is 0.138 e. The maximum Gasteiger partial charge on any atom is 0.138 e. The number of para-hydroxylation sites is 1. The number of aliphatic hydroxyl groups excluding tert-OH is 1. The monoisotopic (exact) mass is 313 g/mol. The van der Waals surface area contributed by atoms with E-state index in [0.717, 1.165) is 26.0 Å². The number of hydrogen-bond acceptors (Lipinski definition) is 4. The highest BCUT2D eigenvalue weighted by atomic mass is 35.5. The predicted octanol–water partition coefficient (Wildman–Crippen LogP) is 2.48. The number of nitrogens with one attached hydrogen (secondary N) is 1. The molecule has 118 valence electrons. The van der Waals surface area contributed by atoms with Crippen molar-refractivity contribution in [3.05, 3.63) is 29.3 Å². The van der Waals surface area contributed by atoms with Gasteiger partial charge >= 0.3 is 0 Å². The summed E-state index contributed by atoms with van der Waals surface area (Å²) in [6.07, 6.45) is 1.94. The molecule has 0 amide bonds. The number of hydrogen-bond donors (Lipinski definition) is 2. The Morgan fingerprint density at radius 1 is 1.48 bits per heavy atom. The molecule has 0 saturated carbocycles. The minimum absolute atomic E-state index is 0.231. The van der Waals surface area contributed by atoms with Crippen molar-refractivity contribution in [2.45, 2.75) is 32.0 Å². The van der Waals surface area contributed by atoms with Crippen molar-refractivity contribution in [1.29, 1.82) is 0 Å². The Morgan fingerprint density at radius 3 is 3.05 bits per heavy atom.